The predicted molar refractivity (Wildman–Crippen MR) is 171 cm³/mol. The number of hydrogen-bond acceptors (Lipinski definition) is 7. The van der Waals surface area contributed by atoms with Crippen molar-refractivity contribution >= 4 is 51.9 Å². The van der Waals surface area contributed by atoms with Gasteiger partial charge in [0, 0.05) is 19.2 Å². The van der Waals surface area contributed by atoms with Crippen molar-refractivity contribution in [1.82, 2.24) is 14.3 Å². The quantitative estimate of drug-likeness (QED) is 0.117. The van der Waals surface area contributed by atoms with Crippen LogP contribution in [0.1, 0.15) is 80.0 Å². The Hall–Kier alpha value is -3.50. The topological polar surface area (TPSA) is 101 Å². The second-order valence-electron chi connectivity index (χ2n) is 10.7. The first-order valence-corrected chi connectivity index (χ1v) is 15.6. The van der Waals surface area contributed by atoms with Crippen LogP contribution in [0.25, 0.3) is 11.7 Å². The molecule has 42 heavy (non-hydrogen) atoms. The van der Waals surface area contributed by atoms with Gasteiger partial charge in [0.15, 0.2) is 0 Å². The fourth-order valence-electron chi connectivity index (χ4n) is 4.94. The summed E-state index contributed by atoms with van der Waals surface area (Å²) in [5.74, 6) is -0.208. The summed E-state index contributed by atoms with van der Waals surface area (Å²) in [7, 11) is 0. The van der Waals surface area contributed by atoms with Crippen molar-refractivity contribution < 1.29 is 19.4 Å². The predicted octanol–water partition coefficient (Wildman–Crippen LogP) is 7.21. The Balaban J connectivity index is 1.46. The van der Waals surface area contributed by atoms with Gasteiger partial charge in [-0.1, -0.05) is 86.3 Å². The molecule has 3 aromatic rings. The molecule has 1 aliphatic rings. The number of aromatic nitrogens is 2. The number of benzene rings is 1. The molecular formula is C32H37N3O5S2. The molecule has 10 heteroatoms. The summed E-state index contributed by atoms with van der Waals surface area (Å²) in [6.07, 6.45) is 11.2. The minimum atomic E-state index is -0.733. The van der Waals surface area contributed by atoms with Gasteiger partial charge in [-0.05, 0) is 62.9 Å². The van der Waals surface area contributed by atoms with E-state index in [4.69, 9.17) is 27.0 Å². The molecule has 1 amide bonds. The van der Waals surface area contributed by atoms with Crippen LogP contribution in [-0.2, 0) is 9.59 Å². The lowest BCUT2D eigenvalue weighted by Crippen LogP contribution is -2.29. The number of carbonyl (C=O) groups excluding carboxylic acids is 1. The molecule has 0 bridgehead atoms. The van der Waals surface area contributed by atoms with E-state index in [0.29, 0.717) is 27.2 Å². The van der Waals surface area contributed by atoms with Gasteiger partial charge in [0.05, 0.1) is 4.91 Å². The van der Waals surface area contributed by atoms with Gasteiger partial charge in [0.1, 0.15) is 21.3 Å². The molecule has 0 radical (unpaired) electrons. The number of carbonyl (C=O) groups is 2. The minimum Gasteiger partial charge on any atom is -0.481 e. The van der Waals surface area contributed by atoms with Gasteiger partial charge in [-0.3, -0.25) is 23.7 Å². The summed E-state index contributed by atoms with van der Waals surface area (Å²) in [5.41, 5.74) is 3.21. The number of carboxylic acids is 1. The fraction of sp³-hybridized carbons (Fsp3) is 0.406. The highest BCUT2D eigenvalue weighted by molar-refractivity contribution is 8.26. The largest absolute Gasteiger partial charge is 0.481 e. The first-order valence-electron chi connectivity index (χ1n) is 14.4. The van der Waals surface area contributed by atoms with Gasteiger partial charge in [-0.25, -0.2) is 0 Å². The molecule has 2 aromatic heterocycles. The molecule has 1 saturated heterocycles. The number of aryl methyl sites for hydroxylation is 3. The van der Waals surface area contributed by atoms with Crippen LogP contribution >= 0.6 is 24.0 Å². The maximum Gasteiger partial charge on any atom is 0.303 e. The highest BCUT2D eigenvalue weighted by Crippen LogP contribution is 2.35. The lowest BCUT2D eigenvalue weighted by molar-refractivity contribution is -0.137. The summed E-state index contributed by atoms with van der Waals surface area (Å²) in [4.78, 5) is 44.3. The summed E-state index contributed by atoms with van der Waals surface area (Å²) in [6, 6.07) is 9.47. The van der Waals surface area contributed by atoms with Crippen molar-refractivity contribution in [3.05, 3.63) is 74.0 Å². The Morgan fingerprint density at radius 1 is 1.00 bits per heavy atom. The number of nitrogens with zero attached hydrogens (tertiary/aromatic N) is 3. The second-order valence-corrected chi connectivity index (χ2v) is 12.4. The van der Waals surface area contributed by atoms with Crippen molar-refractivity contribution in [3.63, 3.8) is 0 Å². The molecule has 4 rings (SSSR count). The Bertz CT molecular complexity index is 1580. The van der Waals surface area contributed by atoms with Crippen LogP contribution in [0.2, 0.25) is 0 Å². The lowest BCUT2D eigenvalue weighted by atomic mass is 10.1. The number of thiocarbonyl (C=S) groups is 1. The van der Waals surface area contributed by atoms with Crippen molar-refractivity contribution in [3.8, 4) is 11.6 Å². The van der Waals surface area contributed by atoms with E-state index >= 15 is 0 Å². The zero-order valence-corrected chi connectivity index (χ0v) is 26.0. The van der Waals surface area contributed by atoms with Gasteiger partial charge in [0.25, 0.3) is 11.5 Å². The Labute approximate surface area is 255 Å². The third kappa shape index (κ3) is 7.86. The van der Waals surface area contributed by atoms with Crippen LogP contribution < -0.4 is 10.3 Å². The number of fused-ring (bicyclic) bond motifs is 1. The van der Waals surface area contributed by atoms with Crippen LogP contribution in [0.5, 0.6) is 11.6 Å². The number of pyridine rings is 1. The fourth-order valence-corrected chi connectivity index (χ4v) is 6.23. The highest BCUT2D eigenvalue weighted by atomic mass is 32.2. The molecule has 3 heterocycles. The standard InChI is InChI=1S/C32H37N3O5S2/c1-21-15-16-25(23(3)19-21)40-29-24(30(38)34-18-12-13-22(2)28(34)33-29)20-26-31(39)35(32(41)42-26)17-11-9-7-5-4-6-8-10-14-27(36)37/h12-13,15-16,18-20H,4-11,14,17H2,1-3H3,(H,36,37)/b26-20+. The number of ether oxygens (including phenoxy) is 1. The number of hydrogen-bond donors (Lipinski definition) is 1. The average molecular weight is 608 g/mol. The van der Waals surface area contributed by atoms with Crippen molar-refractivity contribution in [2.45, 2.75) is 78.6 Å². The van der Waals surface area contributed by atoms with Gasteiger partial charge in [-0.2, -0.15) is 4.98 Å². The first kappa shape index (κ1) is 31.4. The van der Waals surface area contributed by atoms with Crippen molar-refractivity contribution in [1.29, 1.82) is 0 Å². The van der Waals surface area contributed by atoms with E-state index < -0.39 is 5.97 Å². The Morgan fingerprint density at radius 3 is 2.38 bits per heavy atom. The van der Waals surface area contributed by atoms with E-state index in [2.05, 4.69) is 0 Å². The van der Waals surface area contributed by atoms with Crippen LogP contribution in [0.4, 0.5) is 0 Å². The van der Waals surface area contributed by atoms with E-state index in [9.17, 15) is 14.4 Å². The van der Waals surface area contributed by atoms with E-state index in [-0.39, 0.29) is 29.3 Å². The summed E-state index contributed by atoms with van der Waals surface area (Å²) < 4.78 is 8.17. The van der Waals surface area contributed by atoms with Crippen LogP contribution in [0.3, 0.4) is 0 Å². The number of amides is 1. The molecule has 0 unspecified atom stereocenters. The molecule has 0 spiro atoms. The van der Waals surface area contributed by atoms with E-state index in [0.717, 1.165) is 68.1 Å². The Kier molecular flexibility index (Phi) is 10.9. The molecule has 222 valence electrons. The highest BCUT2D eigenvalue weighted by Gasteiger charge is 2.32. The monoisotopic (exact) mass is 607 g/mol. The van der Waals surface area contributed by atoms with Crippen molar-refractivity contribution in [2.75, 3.05) is 6.54 Å². The van der Waals surface area contributed by atoms with Crippen LogP contribution in [-0.4, -0.2) is 42.1 Å². The SMILES string of the molecule is Cc1ccc(Oc2nc3c(C)cccn3c(=O)c2/C=C2/SC(=S)N(CCCCCCCCCCC(=O)O)C2=O)c(C)c1. The van der Waals surface area contributed by atoms with Gasteiger partial charge >= 0.3 is 5.97 Å². The van der Waals surface area contributed by atoms with Crippen LogP contribution in [0.15, 0.2) is 46.2 Å². The third-order valence-electron chi connectivity index (χ3n) is 7.26. The van der Waals surface area contributed by atoms with E-state index in [1.165, 1.54) is 16.2 Å². The molecule has 0 aliphatic carbocycles. The van der Waals surface area contributed by atoms with Crippen LogP contribution in [0, 0.1) is 20.8 Å². The third-order valence-corrected chi connectivity index (χ3v) is 8.64. The second kappa shape index (κ2) is 14.6. The normalized spacial score (nSPS) is 14.4. The average Bonchev–Trinajstić information content (AvgIpc) is 3.21. The molecule has 1 fully saturated rings. The number of carboxylic acid groups (broad SMARTS) is 1. The molecular weight excluding hydrogens is 571 g/mol. The van der Waals surface area contributed by atoms with Gasteiger partial charge in [0.2, 0.25) is 5.88 Å². The van der Waals surface area contributed by atoms with E-state index in [1.807, 2.05) is 45.0 Å². The smallest absolute Gasteiger partial charge is 0.303 e. The number of aliphatic carboxylic acids is 1. The molecule has 0 saturated carbocycles. The van der Waals surface area contributed by atoms with Gasteiger partial charge in [-0.15, -0.1) is 0 Å². The molecule has 1 aliphatic heterocycles. The zero-order valence-electron chi connectivity index (χ0n) is 24.4. The summed E-state index contributed by atoms with van der Waals surface area (Å²) in [5, 5.41) is 8.71. The Morgan fingerprint density at radius 2 is 1.69 bits per heavy atom. The maximum absolute atomic E-state index is 13.7. The zero-order chi connectivity index (χ0) is 30.2. The van der Waals surface area contributed by atoms with Gasteiger partial charge < -0.3 is 9.84 Å². The summed E-state index contributed by atoms with van der Waals surface area (Å²) >= 11 is 6.73. The molecule has 1 aromatic carbocycles. The summed E-state index contributed by atoms with van der Waals surface area (Å²) in [6.45, 7) is 6.35. The first-order chi connectivity index (χ1) is 20.2. The molecule has 1 N–H and O–H groups in total. The minimum absolute atomic E-state index is 0.148. The molecule has 8 nitrogen and oxygen atoms in total. The van der Waals surface area contributed by atoms with E-state index in [1.54, 1.807) is 23.2 Å². The maximum atomic E-state index is 13.7. The number of thioether (sulfide) groups is 1. The number of unbranched alkanes of at least 4 members (excludes halogenated alkanes) is 7. The molecule has 0 atom stereocenters. The lowest BCUT2D eigenvalue weighted by Gasteiger charge is -2.14. The number of rotatable bonds is 14. The van der Waals surface area contributed by atoms with Crippen molar-refractivity contribution in [2.24, 2.45) is 0 Å².